The number of nitrogens with zero attached hydrogens (tertiary/aromatic N) is 3. The van der Waals surface area contributed by atoms with Crippen molar-refractivity contribution in [1.29, 1.82) is 0 Å². The van der Waals surface area contributed by atoms with E-state index in [1.165, 1.54) is 19.3 Å². The molecular formula is C16H26ClN5O. The number of carbonyl (C=O) groups excluding carboxylic acids is 1. The largest absolute Gasteiger partial charge is 0.351 e. The summed E-state index contributed by atoms with van der Waals surface area (Å²) in [6.45, 7) is 4.54. The third-order valence-corrected chi connectivity index (χ3v) is 5.79. The first-order valence-electron chi connectivity index (χ1n) is 8.59. The highest BCUT2D eigenvalue weighted by Gasteiger charge is 2.50. The summed E-state index contributed by atoms with van der Waals surface area (Å²) in [4.78, 5) is 17.4. The van der Waals surface area contributed by atoms with Gasteiger partial charge in [0, 0.05) is 19.0 Å². The molecule has 0 bridgehead atoms. The van der Waals surface area contributed by atoms with Crippen molar-refractivity contribution < 1.29 is 4.79 Å². The average molecular weight is 340 g/mol. The van der Waals surface area contributed by atoms with E-state index in [9.17, 15) is 4.79 Å². The molecule has 0 radical (unpaired) electrons. The molecule has 3 aliphatic rings. The number of carbonyl (C=O) groups is 1. The van der Waals surface area contributed by atoms with Crippen LogP contribution >= 0.6 is 12.4 Å². The van der Waals surface area contributed by atoms with Crippen molar-refractivity contribution in [2.24, 2.45) is 11.3 Å². The van der Waals surface area contributed by atoms with Gasteiger partial charge in [-0.2, -0.15) is 5.10 Å². The van der Waals surface area contributed by atoms with Crippen LogP contribution in [0.25, 0.3) is 0 Å². The van der Waals surface area contributed by atoms with Crippen molar-refractivity contribution in [3.63, 3.8) is 0 Å². The maximum Gasteiger partial charge on any atom is 0.228 e. The predicted octanol–water partition coefficient (Wildman–Crippen LogP) is 1.22. The van der Waals surface area contributed by atoms with Crippen LogP contribution in [0.5, 0.6) is 0 Å². The van der Waals surface area contributed by atoms with Gasteiger partial charge in [0.15, 0.2) is 0 Å². The number of fused-ring (bicyclic) bond motifs is 2. The van der Waals surface area contributed by atoms with Crippen molar-refractivity contribution in [2.45, 2.75) is 58.0 Å². The van der Waals surface area contributed by atoms with Crippen molar-refractivity contribution in [1.82, 2.24) is 25.4 Å². The highest BCUT2D eigenvalue weighted by molar-refractivity contribution is 5.85. The zero-order valence-corrected chi connectivity index (χ0v) is 14.5. The van der Waals surface area contributed by atoms with Crippen LogP contribution in [0.15, 0.2) is 0 Å². The van der Waals surface area contributed by atoms with E-state index in [1.807, 2.05) is 11.6 Å². The molecular weight excluding hydrogens is 314 g/mol. The Morgan fingerprint density at radius 1 is 1.39 bits per heavy atom. The summed E-state index contributed by atoms with van der Waals surface area (Å²) in [5, 5.41) is 11.2. The van der Waals surface area contributed by atoms with Gasteiger partial charge >= 0.3 is 0 Å². The van der Waals surface area contributed by atoms with Crippen LogP contribution in [-0.2, 0) is 17.8 Å². The number of nitrogens with one attached hydrogen (secondary N) is 2. The first-order chi connectivity index (χ1) is 10.7. The Labute approximate surface area is 143 Å². The quantitative estimate of drug-likeness (QED) is 0.850. The summed E-state index contributed by atoms with van der Waals surface area (Å²) in [5.41, 5.74) is -0.156. The molecule has 4 rings (SSSR count). The minimum atomic E-state index is -0.156. The van der Waals surface area contributed by atoms with Crippen LogP contribution in [0, 0.1) is 18.3 Å². The Morgan fingerprint density at radius 3 is 3.13 bits per heavy atom. The zero-order valence-electron chi connectivity index (χ0n) is 13.7. The molecule has 2 aliphatic heterocycles. The van der Waals surface area contributed by atoms with Crippen LogP contribution in [0.3, 0.4) is 0 Å². The number of aromatic nitrogens is 3. The fraction of sp³-hybridized carbons (Fsp3) is 0.812. The number of hydrogen-bond donors (Lipinski definition) is 2. The lowest BCUT2D eigenvalue weighted by Gasteiger charge is -2.38. The van der Waals surface area contributed by atoms with Gasteiger partial charge in [-0.25, -0.2) is 9.67 Å². The molecule has 3 heterocycles. The summed E-state index contributed by atoms with van der Waals surface area (Å²) >= 11 is 0. The monoisotopic (exact) mass is 339 g/mol. The molecule has 6 nitrogen and oxygen atoms in total. The van der Waals surface area contributed by atoms with E-state index in [2.05, 4.69) is 20.7 Å². The Morgan fingerprint density at radius 2 is 2.26 bits per heavy atom. The maximum atomic E-state index is 13.0. The van der Waals surface area contributed by atoms with Gasteiger partial charge in [-0.05, 0) is 38.6 Å². The van der Waals surface area contributed by atoms with Crippen molar-refractivity contribution >= 4 is 18.3 Å². The Kier molecular flexibility index (Phi) is 4.65. The average Bonchev–Trinajstić information content (AvgIpc) is 3.09. The molecule has 2 fully saturated rings. The number of hydrogen-bond acceptors (Lipinski definition) is 4. The van der Waals surface area contributed by atoms with E-state index < -0.39 is 0 Å². The van der Waals surface area contributed by atoms with Crippen LogP contribution in [0.4, 0.5) is 0 Å². The summed E-state index contributed by atoms with van der Waals surface area (Å²) < 4.78 is 1.96. The molecule has 23 heavy (non-hydrogen) atoms. The third kappa shape index (κ3) is 2.87. The number of amides is 1. The maximum absolute atomic E-state index is 13.0. The fourth-order valence-corrected chi connectivity index (χ4v) is 4.57. The second-order valence-electron chi connectivity index (χ2n) is 7.20. The first-order valence-corrected chi connectivity index (χ1v) is 8.59. The molecule has 1 aromatic heterocycles. The topological polar surface area (TPSA) is 71.8 Å². The van der Waals surface area contributed by atoms with Crippen LogP contribution < -0.4 is 10.6 Å². The molecule has 1 aliphatic carbocycles. The van der Waals surface area contributed by atoms with E-state index in [4.69, 9.17) is 0 Å². The Balaban J connectivity index is 0.00000156. The Hall–Kier alpha value is -1.14. The van der Waals surface area contributed by atoms with Gasteiger partial charge in [0.1, 0.15) is 11.6 Å². The minimum Gasteiger partial charge on any atom is -0.351 e. The highest BCUT2D eigenvalue weighted by atomic mass is 35.5. The third-order valence-electron chi connectivity index (χ3n) is 5.79. The van der Waals surface area contributed by atoms with Crippen LogP contribution in [0.1, 0.15) is 43.8 Å². The second-order valence-corrected chi connectivity index (χ2v) is 7.20. The first kappa shape index (κ1) is 16.7. The van der Waals surface area contributed by atoms with Gasteiger partial charge in [-0.1, -0.05) is 12.8 Å². The second kappa shape index (κ2) is 6.40. The summed E-state index contributed by atoms with van der Waals surface area (Å²) in [6.07, 6.45) is 6.56. The van der Waals surface area contributed by atoms with Gasteiger partial charge in [-0.15, -0.1) is 12.4 Å². The number of rotatable bonds is 2. The highest BCUT2D eigenvalue weighted by Crippen LogP contribution is 2.44. The lowest BCUT2D eigenvalue weighted by atomic mass is 9.67. The van der Waals surface area contributed by atoms with Gasteiger partial charge in [0.2, 0.25) is 5.91 Å². The van der Waals surface area contributed by atoms with Gasteiger partial charge in [0.25, 0.3) is 0 Å². The molecule has 1 saturated carbocycles. The summed E-state index contributed by atoms with van der Waals surface area (Å²) in [5.74, 6) is 2.67. The van der Waals surface area contributed by atoms with Gasteiger partial charge in [0.05, 0.1) is 12.0 Å². The number of halogens is 1. The molecule has 0 aromatic carbocycles. The fourth-order valence-electron chi connectivity index (χ4n) is 4.57. The van der Waals surface area contributed by atoms with Crippen molar-refractivity contribution in [3.8, 4) is 0 Å². The molecule has 0 spiro atoms. The molecule has 1 unspecified atom stereocenters. The summed E-state index contributed by atoms with van der Waals surface area (Å²) in [7, 11) is 0. The molecule has 1 saturated heterocycles. The standard InChI is InChI=1S/C16H25N5O.ClH/c1-11-18-14-6-5-13(9-21(14)20-11)19-15(22)16-7-3-2-4-12(16)8-17-10-16;/h12-13,17H,2-10H2,1H3,(H,19,22);1H/t12-,13?,16+;/m0./s1. The van der Waals surface area contributed by atoms with Crippen LogP contribution in [0.2, 0.25) is 0 Å². The zero-order chi connectivity index (χ0) is 15.2. The van der Waals surface area contributed by atoms with Crippen molar-refractivity contribution in [2.75, 3.05) is 13.1 Å². The van der Waals surface area contributed by atoms with Gasteiger partial charge < -0.3 is 10.6 Å². The SMILES string of the molecule is Cc1nc2n(n1)CC(NC(=O)[C@@]13CCCC[C@H]1CNC3)CC2.Cl. The number of aryl methyl sites for hydroxylation is 2. The van der Waals surface area contributed by atoms with E-state index in [0.29, 0.717) is 5.92 Å². The van der Waals surface area contributed by atoms with Gasteiger partial charge in [-0.3, -0.25) is 4.79 Å². The molecule has 128 valence electrons. The molecule has 3 atom stereocenters. The van der Waals surface area contributed by atoms with E-state index >= 15 is 0 Å². The molecule has 1 amide bonds. The lowest BCUT2D eigenvalue weighted by molar-refractivity contribution is -0.135. The van der Waals surface area contributed by atoms with E-state index in [-0.39, 0.29) is 29.8 Å². The molecule has 7 heteroatoms. The van der Waals surface area contributed by atoms with E-state index in [1.54, 1.807) is 0 Å². The molecule has 2 N–H and O–H groups in total. The smallest absolute Gasteiger partial charge is 0.228 e. The summed E-state index contributed by atoms with van der Waals surface area (Å²) in [6, 6.07) is 0.193. The normalized spacial score (nSPS) is 32.6. The minimum absolute atomic E-state index is 0. The lowest BCUT2D eigenvalue weighted by Crippen LogP contribution is -2.52. The van der Waals surface area contributed by atoms with Crippen molar-refractivity contribution in [3.05, 3.63) is 11.6 Å². The Bertz CT molecular complexity index is 589. The van der Waals surface area contributed by atoms with E-state index in [0.717, 1.165) is 50.5 Å². The van der Waals surface area contributed by atoms with Crippen LogP contribution in [-0.4, -0.2) is 39.8 Å². The predicted molar refractivity (Wildman–Crippen MR) is 89.5 cm³/mol. The molecule has 1 aromatic rings.